The summed E-state index contributed by atoms with van der Waals surface area (Å²) in [4.78, 5) is 29.1. The van der Waals surface area contributed by atoms with Gasteiger partial charge in [-0.1, -0.05) is 0 Å². The lowest BCUT2D eigenvalue weighted by Gasteiger charge is -2.18. The predicted octanol–water partition coefficient (Wildman–Crippen LogP) is 3.97. The van der Waals surface area contributed by atoms with E-state index < -0.39 is 5.97 Å². The topological polar surface area (TPSA) is 72.6 Å². The Balaban J connectivity index is 2.28. The molecule has 2 aromatic heterocycles. The van der Waals surface area contributed by atoms with Crippen molar-refractivity contribution in [2.45, 2.75) is 27.7 Å². The summed E-state index contributed by atoms with van der Waals surface area (Å²) in [6.07, 6.45) is 2.18. The van der Waals surface area contributed by atoms with Crippen molar-refractivity contribution in [1.82, 2.24) is 4.98 Å². The lowest BCUT2D eigenvalue weighted by atomic mass is 10.0. The molecular formula is C19H18N2O4. The second kappa shape index (κ2) is 6.39. The highest BCUT2D eigenvalue weighted by molar-refractivity contribution is 5.96. The maximum Gasteiger partial charge on any atom is 0.308 e. The van der Waals surface area contributed by atoms with E-state index in [9.17, 15) is 9.59 Å². The molecule has 2 heterocycles. The number of anilines is 2. The van der Waals surface area contributed by atoms with Crippen LogP contribution in [0.4, 0.5) is 11.6 Å². The molecule has 0 spiro atoms. The predicted molar refractivity (Wildman–Crippen MR) is 94.2 cm³/mol. The van der Waals surface area contributed by atoms with Crippen LogP contribution in [-0.4, -0.2) is 17.4 Å². The summed E-state index contributed by atoms with van der Waals surface area (Å²) in [5, 5.41) is 0.673. The molecule has 0 fully saturated rings. The zero-order chi connectivity index (χ0) is 18.1. The van der Waals surface area contributed by atoms with E-state index in [2.05, 4.69) is 4.98 Å². The van der Waals surface area contributed by atoms with Gasteiger partial charge in [0.15, 0.2) is 0 Å². The van der Waals surface area contributed by atoms with E-state index in [1.165, 1.54) is 18.1 Å². The lowest BCUT2D eigenvalue weighted by molar-refractivity contribution is -0.131. The first-order chi connectivity index (χ1) is 11.9. The summed E-state index contributed by atoms with van der Waals surface area (Å²) in [6, 6.07) is 7.02. The quantitative estimate of drug-likeness (QED) is 0.531. The van der Waals surface area contributed by atoms with Crippen molar-refractivity contribution in [3.8, 4) is 5.75 Å². The molecule has 0 aliphatic rings. The Morgan fingerprint density at radius 2 is 2.04 bits per heavy atom. The number of amides is 1. The first-order valence-corrected chi connectivity index (χ1v) is 7.80. The Hall–Kier alpha value is -3.15. The van der Waals surface area contributed by atoms with E-state index in [-0.39, 0.29) is 0 Å². The lowest BCUT2D eigenvalue weighted by Crippen LogP contribution is -2.14. The van der Waals surface area contributed by atoms with Crippen LogP contribution in [0.5, 0.6) is 5.75 Å². The molecule has 0 saturated carbocycles. The second-order valence-electron chi connectivity index (χ2n) is 5.83. The van der Waals surface area contributed by atoms with Crippen molar-refractivity contribution in [3.05, 3.63) is 47.3 Å². The highest BCUT2D eigenvalue weighted by Gasteiger charge is 2.18. The molecule has 0 aliphatic heterocycles. The summed E-state index contributed by atoms with van der Waals surface area (Å²) in [7, 11) is 0. The molecule has 0 aliphatic carbocycles. The van der Waals surface area contributed by atoms with Crippen LogP contribution >= 0.6 is 0 Å². The number of pyridine rings is 1. The van der Waals surface area contributed by atoms with Gasteiger partial charge in [-0.15, -0.1) is 0 Å². The Labute approximate surface area is 145 Å². The van der Waals surface area contributed by atoms with E-state index in [1.807, 2.05) is 26.8 Å². The highest BCUT2D eigenvalue weighted by Crippen LogP contribution is 2.36. The van der Waals surface area contributed by atoms with Crippen molar-refractivity contribution < 1.29 is 18.7 Å². The van der Waals surface area contributed by atoms with Crippen molar-refractivity contribution in [1.29, 1.82) is 0 Å². The Morgan fingerprint density at radius 3 is 2.64 bits per heavy atom. The first-order valence-electron chi connectivity index (χ1n) is 7.80. The van der Waals surface area contributed by atoms with Gasteiger partial charge in [0.2, 0.25) is 12.3 Å². The van der Waals surface area contributed by atoms with Crippen LogP contribution in [0, 0.1) is 20.8 Å². The fraction of sp³-hybridized carbons (Fsp3) is 0.211. The minimum Gasteiger partial charge on any atom is -0.448 e. The molecule has 0 atom stereocenters. The van der Waals surface area contributed by atoms with E-state index in [4.69, 9.17) is 9.15 Å². The van der Waals surface area contributed by atoms with Gasteiger partial charge in [0.25, 0.3) is 0 Å². The summed E-state index contributed by atoms with van der Waals surface area (Å²) >= 11 is 0. The number of carbonyl (C=O) groups excluding carboxylic acids is 2. The third-order valence-electron chi connectivity index (χ3n) is 4.07. The van der Waals surface area contributed by atoms with Gasteiger partial charge < -0.3 is 9.15 Å². The molecule has 6 nitrogen and oxygen atoms in total. The number of benzene rings is 1. The molecule has 6 heteroatoms. The largest absolute Gasteiger partial charge is 0.448 e. The van der Waals surface area contributed by atoms with Gasteiger partial charge >= 0.3 is 5.97 Å². The van der Waals surface area contributed by atoms with Crippen LogP contribution in [0.2, 0.25) is 0 Å². The second-order valence-corrected chi connectivity index (χ2v) is 5.83. The van der Waals surface area contributed by atoms with E-state index in [0.29, 0.717) is 29.1 Å². The van der Waals surface area contributed by atoms with E-state index in [0.717, 1.165) is 22.3 Å². The fourth-order valence-electron chi connectivity index (χ4n) is 2.76. The minimum absolute atomic E-state index is 0.402. The van der Waals surface area contributed by atoms with Crippen LogP contribution in [0.1, 0.15) is 23.7 Å². The molecule has 0 saturated heterocycles. The maximum atomic E-state index is 11.6. The number of nitrogens with zero attached hydrogens (tertiary/aromatic N) is 2. The van der Waals surface area contributed by atoms with Gasteiger partial charge in [0.05, 0.1) is 17.5 Å². The highest BCUT2D eigenvalue weighted by atomic mass is 16.5. The summed E-state index contributed by atoms with van der Waals surface area (Å²) in [5.41, 5.74) is 3.77. The fourth-order valence-corrected chi connectivity index (χ4v) is 2.76. The van der Waals surface area contributed by atoms with Crippen LogP contribution in [0.25, 0.3) is 10.9 Å². The van der Waals surface area contributed by atoms with Crippen molar-refractivity contribution in [3.63, 3.8) is 0 Å². The van der Waals surface area contributed by atoms with Gasteiger partial charge in [-0.05, 0) is 44.5 Å². The van der Waals surface area contributed by atoms with Crippen molar-refractivity contribution >= 4 is 34.9 Å². The molecule has 25 heavy (non-hydrogen) atoms. The summed E-state index contributed by atoms with van der Waals surface area (Å²) in [6.45, 7) is 6.98. The number of fused-ring (bicyclic) bond motifs is 1. The standard InChI is InChI=1S/C19H18N2O4/c1-11-8-15(21(10-22)17-6-5-7-24-17)9-16-18(11)20-13(3)12(2)19(16)25-14(4)23/h5-10H,1-4H3. The van der Waals surface area contributed by atoms with Gasteiger partial charge in [-0.2, -0.15) is 0 Å². The number of esters is 1. The van der Waals surface area contributed by atoms with Crippen LogP contribution < -0.4 is 9.64 Å². The van der Waals surface area contributed by atoms with Crippen LogP contribution in [-0.2, 0) is 9.59 Å². The molecule has 0 bridgehead atoms. The van der Waals surface area contributed by atoms with Gasteiger partial charge in [0, 0.05) is 29.6 Å². The molecule has 3 aromatic rings. The Bertz CT molecular complexity index is 961. The number of ether oxygens (including phenoxy) is 1. The smallest absolute Gasteiger partial charge is 0.308 e. The number of furan rings is 1. The average Bonchev–Trinajstić information content (AvgIpc) is 3.07. The summed E-state index contributed by atoms with van der Waals surface area (Å²) < 4.78 is 10.8. The molecule has 1 aromatic carbocycles. The zero-order valence-electron chi connectivity index (χ0n) is 14.5. The normalized spacial score (nSPS) is 10.7. The molecular weight excluding hydrogens is 320 g/mol. The molecule has 1 amide bonds. The maximum absolute atomic E-state index is 11.6. The van der Waals surface area contributed by atoms with Gasteiger partial charge in [-0.3, -0.25) is 19.5 Å². The van der Waals surface area contributed by atoms with Crippen LogP contribution in [0.3, 0.4) is 0 Å². The third-order valence-corrected chi connectivity index (χ3v) is 4.07. The van der Waals surface area contributed by atoms with Gasteiger partial charge in [-0.25, -0.2) is 0 Å². The third kappa shape index (κ3) is 2.98. The molecule has 0 unspecified atom stereocenters. The molecule has 0 N–H and O–H groups in total. The minimum atomic E-state index is -0.406. The number of hydrogen-bond acceptors (Lipinski definition) is 5. The number of carbonyl (C=O) groups is 2. The number of aromatic nitrogens is 1. The van der Waals surface area contributed by atoms with Crippen molar-refractivity contribution in [2.24, 2.45) is 0 Å². The number of aryl methyl sites for hydroxylation is 2. The zero-order valence-corrected chi connectivity index (χ0v) is 14.5. The van der Waals surface area contributed by atoms with Crippen molar-refractivity contribution in [2.75, 3.05) is 4.90 Å². The Kier molecular flexibility index (Phi) is 4.27. The average molecular weight is 338 g/mol. The summed E-state index contributed by atoms with van der Waals surface area (Å²) in [5.74, 6) is 0.459. The number of hydrogen-bond donors (Lipinski definition) is 0. The monoisotopic (exact) mass is 338 g/mol. The van der Waals surface area contributed by atoms with E-state index >= 15 is 0 Å². The number of rotatable bonds is 4. The molecule has 128 valence electrons. The van der Waals surface area contributed by atoms with E-state index in [1.54, 1.807) is 18.2 Å². The molecule has 0 radical (unpaired) electrons. The Morgan fingerprint density at radius 1 is 1.28 bits per heavy atom. The van der Waals surface area contributed by atoms with Gasteiger partial charge in [0.1, 0.15) is 5.75 Å². The van der Waals surface area contributed by atoms with Crippen LogP contribution in [0.15, 0.2) is 34.9 Å². The molecule has 3 rings (SSSR count). The SMILES string of the molecule is CC(=O)Oc1c(C)c(C)nc2c(C)cc(N(C=O)c3ccco3)cc12. The first kappa shape index (κ1) is 16.7.